The van der Waals surface area contributed by atoms with Crippen LogP contribution in [0.25, 0.3) is 0 Å². The molecule has 0 radical (unpaired) electrons. The van der Waals surface area contributed by atoms with Crippen LogP contribution in [0.1, 0.15) is 10.4 Å². The topological polar surface area (TPSA) is 115 Å². The van der Waals surface area contributed by atoms with Gasteiger partial charge in [-0.25, -0.2) is 8.42 Å². The maximum Gasteiger partial charge on any atom is 0.263 e. The van der Waals surface area contributed by atoms with Gasteiger partial charge in [0.2, 0.25) is 5.91 Å². The first-order chi connectivity index (χ1) is 9.79. The molecular weight excluding hydrogens is 358 g/mol. The molecule has 5 N–H and O–H groups in total. The van der Waals surface area contributed by atoms with Gasteiger partial charge in [-0.05, 0) is 36.4 Å². The van der Waals surface area contributed by atoms with Gasteiger partial charge in [-0.3, -0.25) is 9.52 Å². The van der Waals surface area contributed by atoms with E-state index in [1.807, 2.05) is 0 Å². The Bertz CT molecular complexity index is 806. The fourth-order valence-electron chi connectivity index (χ4n) is 1.71. The van der Waals surface area contributed by atoms with Crippen LogP contribution in [0.2, 0.25) is 0 Å². The van der Waals surface area contributed by atoms with E-state index >= 15 is 0 Å². The number of benzene rings is 2. The number of nitrogens with two attached hydrogens (primary N) is 2. The van der Waals surface area contributed by atoms with Crippen molar-refractivity contribution in [3.05, 3.63) is 52.5 Å². The number of nitrogens with one attached hydrogen (secondary N) is 1. The van der Waals surface area contributed by atoms with Crippen molar-refractivity contribution in [2.75, 3.05) is 10.5 Å². The third-order valence-corrected chi connectivity index (χ3v) is 4.61. The summed E-state index contributed by atoms with van der Waals surface area (Å²) in [5, 5.41) is 0. The van der Waals surface area contributed by atoms with Gasteiger partial charge in [-0.2, -0.15) is 0 Å². The van der Waals surface area contributed by atoms with Gasteiger partial charge in [0.1, 0.15) is 4.90 Å². The third-order valence-electron chi connectivity index (χ3n) is 2.66. The Labute approximate surface area is 130 Å². The zero-order valence-electron chi connectivity index (χ0n) is 10.7. The second-order valence-corrected chi connectivity index (χ2v) is 6.80. The number of sulfonamides is 1. The smallest absolute Gasteiger partial charge is 0.263 e. The minimum atomic E-state index is -3.85. The molecule has 0 spiro atoms. The Hall–Kier alpha value is -2.06. The summed E-state index contributed by atoms with van der Waals surface area (Å²) in [7, 11) is -3.85. The molecule has 0 saturated carbocycles. The van der Waals surface area contributed by atoms with Crippen LogP contribution in [0, 0.1) is 0 Å². The van der Waals surface area contributed by atoms with E-state index in [0.29, 0.717) is 4.47 Å². The number of nitrogen functional groups attached to an aromatic ring is 1. The molecule has 2 aromatic rings. The molecule has 0 heterocycles. The van der Waals surface area contributed by atoms with E-state index in [2.05, 4.69) is 20.7 Å². The van der Waals surface area contributed by atoms with Crippen molar-refractivity contribution in [1.82, 2.24) is 0 Å². The molecule has 21 heavy (non-hydrogen) atoms. The van der Waals surface area contributed by atoms with E-state index in [-0.39, 0.29) is 21.8 Å². The molecule has 0 unspecified atom stereocenters. The van der Waals surface area contributed by atoms with Gasteiger partial charge >= 0.3 is 0 Å². The molecule has 0 aliphatic heterocycles. The minimum absolute atomic E-state index is 0.0461. The Morgan fingerprint density at radius 3 is 2.48 bits per heavy atom. The summed E-state index contributed by atoms with van der Waals surface area (Å²) in [6.07, 6.45) is 0. The fraction of sp³-hybridized carbons (Fsp3) is 0. The number of carbonyl (C=O) groups is 1. The number of halogens is 1. The number of primary amides is 1. The normalized spacial score (nSPS) is 11.1. The molecule has 0 bridgehead atoms. The molecule has 1 amide bonds. The number of amides is 1. The summed E-state index contributed by atoms with van der Waals surface area (Å²) < 4.78 is 27.6. The van der Waals surface area contributed by atoms with Crippen LogP contribution in [0.5, 0.6) is 0 Å². The van der Waals surface area contributed by atoms with Gasteiger partial charge in [0.05, 0.1) is 5.69 Å². The average Bonchev–Trinajstić information content (AvgIpc) is 2.37. The maximum atomic E-state index is 12.3. The standard InChI is InChI=1S/C13H12BrN3O3S/c14-9-4-5-12(11(15)7-9)21(19,20)17-10-3-1-2-8(6-10)13(16)18/h1-7,17H,15H2,(H2,16,18). The van der Waals surface area contributed by atoms with E-state index in [1.165, 1.54) is 36.4 Å². The summed E-state index contributed by atoms with van der Waals surface area (Å²) in [5.41, 5.74) is 11.4. The fourth-order valence-corrected chi connectivity index (χ4v) is 3.25. The largest absolute Gasteiger partial charge is 0.398 e. The molecule has 0 fully saturated rings. The predicted octanol–water partition coefficient (Wildman–Crippen LogP) is 1.93. The third kappa shape index (κ3) is 3.53. The Morgan fingerprint density at radius 1 is 1.14 bits per heavy atom. The highest BCUT2D eigenvalue weighted by atomic mass is 79.9. The van der Waals surface area contributed by atoms with E-state index in [0.717, 1.165) is 0 Å². The molecule has 0 saturated heterocycles. The average molecular weight is 370 g/mol. The van der Waals surface area contributed by atoms with Gasteiger partial charge in [0.25, 0.3) is 10.0 Å². The second kappa shape index (κ2) is 5.74. The van der Waals surface area contributed by atoms with Crippen molar-refractivity contribution in [3.63, 3.8) is 0 Å². The quantitative estimate of drug-likeness (QED) is 0.713. The van der Waals surface area contributed by atoms with Crippen molar-refractivity contribution in [1.29, 1.82) is 0 Å². The van der Waals surface area contributed by atoms with Crippen molar-refractivity contribution >= 4 is 43.2 Å². The molecule has 2 aromatic carbocycles. The van der Waals surface area contributed by atoms with Crippen LogP contribution in [-0.2, 0) is 10.0 Å². The van der Waals surface area contributed by atoms with Crippen LogP contribution in [0.3, 0.4) is 0 Å². The van der Waals surface area contributed by atoms with Crippen molar-refractivity contribution in [2.24, 2.45) is 5.73 Å². The van der Waals surface area contributed by atoms with E-state index in [4.69, 9.17) is 11.5 Å². The molecule has 0 aromatic heterocycles. The first kappa shape index (κ1) is 15.3. The van der Waals surface area contributed by atoms with Crippen LogP contribution in [0.4, 0.5) is 11.4 Å². The van der Waals surface area contributed by atoms with Gasteiger partial charge in [-0.15, -0.1) is 0 Å². The molecule has 8 heteroatoms. The lowest BCUT2D eigenvalue weighted by molar-refractivity contribution is 0.100. The summed E-state index contributed by atoms with van der Waals surface area (Å²) in [4.78, 5) is 11.1. The summed E-state index contributed by atoms with van der Waals surface area (Å²) in [6.45, 7) is 0. The first-order valence-electron chi connectivity index (χ1n) is 5.77. The summed E-state index contributed by atoms with van der Waals surface area (Å²) in [5.74, 6) is -0.640. The molecule has 110 valence electrons. The molecule has 6 nitrogen and oxygen atoms in total. The molecule has 0 aliphatic rings. The van der Waals surface area contributed by atoms with Gasteiger partial charge < -0.3 is 11.5 Å². The SMILES string of the molecule is NC(=O)c1cccc(NS(=O)(=O)c2ccc(Br)cc2N)c1. The molecule has 0 aliphatic carbocycles. The van der Waals surface area contributed by atoms with Gasteiger partial charge in [0, 0.05) is 15.7 Å². The summed E-state index contributed by atoms with van der Waals surface area (Å²) >= 11 is 3.21. The molecular formula is C13H12BrN3O3S. The number of rotatable bonds is 4. The Balaban J connectivity index is 2.37. The van der Waals surface area contributed by atoms with E-state index < -0.39 is 15.9 Å². The van der Waals surface area contributed by atoms with Crippen molar-refractivity contribution in [3.8, 4) is 0 Å². The highest BCUT2D eigenvalue weighted by Gasteiger charge is 2.18. The number of carbonyl (C=O) groups excluding carboxylic acids is 1. The monoisotopic (exact) mass is 369 g/mol. The van der Waals surface area contributed by atoms with Crippen LogP contribution < -0.4 is 16.2 Å². The lowest BCUT2D eigenvalue weighted by atomic mass is 10.2. The molecule has 2 rings (SSSR count). The first-order valence-corrected chi connectivity index (χ1v) is 8.05. The van der Waals surface area contributed by atoms with Crippen LogP contribution >= 0.6 is 15.9 Å². The van der Waals surface area contributed by atoms with Gasteiger partial charge in [-0.1, -0.05) is 22.0 Å². The predicted molar refractivity (Wildman–Crippen MR) is 84.3 cm³/mol. The molecule has 0 atom stereocenters. The Morgan fingerprint density at radius 2 is 1.86 bits per heavy atom. The van der Waals surface area contributed by atoms with Crippen molar-refractivity contribution < 1.29 is 13.2 Å². The van der Waals surface area contributed by atoms with Crippen LogP contribution in [0.15, 0.2) is 51.8 Å². The zero-order valence-corrected chi connectivity index (χ0v) is 13.1. The number of hydrogen-bond donors (Lipinski definition) is 3. The Kier molecular flexibility index (Phi) is 4.19. The lowest BCUT2D eigenvalue weighted by Crippen LogP contribution is -2.16. The highest BCUT2D eigenvalue weighted by molar-refractivity contribution is 9.10. The van der Waals surface area contributed by atoms with E-state index in [1.54, 1.807) is 6.07 Å². The summed E-state index contributed by atoms with van der Waals surface area (Å²) in [6, 6.07) is 10.4. The van der Waals surface area contributed by atoms with Gasteiger partial charge in [0.15, 0.2) is 0 Å². The van der Waals surface area contributed by atoms with Crippen molar-refractivity contribution in [2.45, 2.75) is 4.90 Å². The highest BCUT2D eigenvalue weighted by Crippen LogP contribution is 2.25. The minimum Gasteiger partial charge on any atom is -0.398 e. The number of hydrogen-bond acceptors (Lipinski definition) is 4. The lowest BCUT2D eigenvalue weighted by Gasteiger charge is -2.11. The second-order valence-electron chi connectivity index (χ2n) is 4.23. The number of anilines is 2. The van der Waals surface area contributed by atoms with E-state index in [9.17, 15) is 13.2 Å². The maximum absolute atomic E-state index is 12.3. The zero-order chi connectivity index (χ0) is 15.6. The van der Waals surface area contributed by atoms with Crippen LogP contribution in [-0.4, -0.2) is 14.3 Å².